The van der Waals surface area contributed by atoms with E-state index in [0.717, 1.165) is 16.5 Å². The molecular weight excluding hydrogens is 350 g/mol. The van der Waals surface area contributed by atoms with Gasteiger partial charge in [0.1, 0.15) is 11.2 Å². The van der Waals surface area contributed by atoms with Gasteiger partial charge in [-0.15, -0.1) is 0 Å². The summed E-state index contributed by atoms with van der Waals surface area (Å²) in [6.45, 7) is 5.84. The molecule has 3 rings (SSSR count). The Morgan fingerprint density at radius 2 is 2.00 bits per heavy atom. The fourth-order valence-electron chi connectivity index (χ4n) is 3.38. The van der Waals surface area contributed by atoms with E-state index in [9.17, 15) is 14.7 Å². The lowest BCUT2D eigenvalue weighted by atomic mass is 9.99. The molecule has 0 bridgehead atoms. The molecule has 0 aliphatic heterocycles. The van der Waals surface area contributed by atoms with Crippen molar-refractivity contribution in [2.75, 3.05) is 20.3 Å². The van der Waals surface area contributed by atoms with Gasteiger partial charge in [0.05, 0.1) is 36.3 Å². The third-order valence-electron chi connectivity index (χ3n) is 4.70. The first kappa shape index (κ1) is 19.1. The molecule has 1 amide bonds. The predicted octanol–water partition coefficient (Wildman–Crippen LogP) is 2.13. The van der Waals surface area contributed by atoms with Gasteiger partial charge >= 0.3 is 5.63 Å². The summed E-state index contributed by atoms with van der Waals surface area (Å²) in [5.74, 6) is -0.376. The summed E-state index contributed by atoms with van der Waals surface area (Å²) < 4.78 is 16.0. The number of carbonyl (C=O) groups excluding carboxylic acids is 1. The molecule has 0 aliphatic rings. The molecule has 7 heteroatoms. The van der Waals surface area contributed by atoms with Crippen LogP contribution in [0.25, 0.3) is 21.9 Å². The van der Waals surface area contributed by atoms with Crippen molar-refractivity contribution in [3.05, 3.63) is 45.0 Å². The van der Waals surface area contributed by atoms with E-state index < -0.39 is 11.7 Å². The fraction of sp³-hybridized carbons (Fsp3) is 0.400. The number of ether oxygens (including phenoxy) is 1. The van der Waals surface area contributed by atoms with Crippen LogP contribution in [-0.2, 0) is 16.0 Å². The van der Waals surface area contributed by atoms with E-state index in [4.69, 9.17) is 13.6 Å². The lowest BCUT2D eigenvalue weighted by molar-refractivity contribution is -0.121. The van der Waals surface area contributed by atoms with E-state index >= 15 is 0 Å². The number of carbonyl (C=O) groups is 1. The number of hydrogen-bond donors (Lipinski definition) is 2. The molecule has 3 aromatic rings. The second kappa shape index (κ2) is 7.54. The van der Waals surface area contributed by atoms with Crippen LogP contribution in [0.1, 0.15) is 22.3 Å². The van der Waals surface area contributed by atoms with E-state index in [0.29, 0.717) is 22.1 Å². The SMILES string of the molecule is COCC(O)CNC(=O)Cc1c(C)c2c(cc(C)c3c(C)coc32)oc1=O. The fourth-order valence-corrected chi connectivity index (χ4v) is 3.38. The van der Waals surface area contributed by atoms with Gasteiger partial charge in [-0.1, -0.05) is 0 Å². The molecule has 0 saturated heterocycles. The van der Waals surface area contributed by atoms with Gasteiger partial charge in [-0.25, -0.2) is 4.79 Å². The largest absolute Gasteiger partial charge is 0.463 e. The lowest BCUT2D eigenvalue weighted by Gasteiger charge is -2.12. The highest BCUT2D eigenvalue weighted by molar-refractivity contribution is 6.07. The molecule has 1 atom stereocenters. The summed E-state index contributed by atoms with van der Waals surface area (Å²) in [6.07, 6.45) is 0.728. The van der Waals surface area contributed by atoms with Crippen molar-refractivity contribution in [3.63, 3.8) is 0 Å². The summed E-state index contributed by atoms with van der Waals surface area (Å²) in [6, 6.07) is 1.82. The maximum Gasteiger partial charge on any atom is 0.340 e. The standard InChI is InChI=1S/C20H23NO6/c1-10-5-15-18(19-17(10)11(2)8-26-19)12(3)14(20(24)27-15)6-16(23)21-7-13(22)9-25-4/h5,8,13,22H,6-7,9H2,1-4H3,(H,21,23). The minimum Gasteiger partial charge on any atom is -0.463 e. The zero-order valence-electron chi connectivity index (χ0n) is 15.8. The number of methoxy groups -OCH3 is 1. The van der Waals surface area contributed by atoms with E-state index in [2.05, 4.69) is 5.32 Å². The topological polar surface area (TPSA) is 102 Å². The number of hydrogen-bond acceptors (Lipinski definition) is 6. The van der Waals surface area contributed by atoms with Gasteiger partial charge in [0.25, 0.3) is 0 Å². The van der Waals surface area contributed by atoms with Gasteiger partial charge in [0.2, 0.25) is 5.91 Å². The number of fused-ring (bicyclic) bond motifs is 3. The van der Waals surface area contributed by atoms with Gasteiger partial charge in [-0.2, -0.15) is 0 Å². The molecule has 2 aromatic heterocycles. The van der Waals surface area contributed by atoms with Gasteiger partial charge in [-0.3, -0.25) is 4.79 Å². The van der Waals surface area contributed by atoms with Crippen LogP contribution >= 0.6 is 0 Å². The normalized spacial score (nSPS) is 12.6. The van der Waals surface area contributed by atoms with Crippen LogP contribution in [0, 0.1) is 20.8 Å². The number of aliphatic hydroxyl groups excluding tert-OH is 1. The number of furan rings is 1. The van der Waals surface area contributed by atoms with Crippen molar-refractivity contribution in [1.82, 2.24) is 5.32 Å². The van der Waals surface area contributed by atoms with Crippen molar-refractivity contribution >= 4 is 27.8 Å². The van der Waals surface area contributed by atoms with E-state index in [1.807, 2.05) is 19.9 Å². The first-order valence-electron chi connectivity index (χ1n) is 8.70. The molecular formula is C20H23NO6. The van der Waals surface area contributed by atoms with Gasteiger partial charge in [-0.05, 0) is 43.5 Å². The number of amides is 1. The Hall–Kier alpha value is -2.64. The van der Waals surface area contributed by atoms with E-state index in [-0.39, 0.29) is 31.0 Å². The van der Waals surface area contributed by atoms with Crippen molar-refractivity contribution < 1.29 is 23.5 Å². The van der Waals surface area contributed by atoms with Gasteiger partial charge in [0, 0.05) is 19.0 Å². The Balaban J connectivity index is 1.99. The van der Waals surface area contributed by atoms with Crippen LogP contribution in [0.4, 0.5) is 0 Å². The quantitative estimate of drug-likeness (QED) is 0.642. The second-order valence-corrected chi connectivity index (χ2v) is 6.77. The minimum absolute atomic E-state index is 0.0471. The van der Waals surface area contributed by atoms with Gasteiger partial charge < -0.3 is 24.0 Å². The van der Waals surface area contributed by atoms with E-state index in [1.54, 1.807) is 13.2 Å². The summed E-state index contributed by atoms with van der Waals surface area (Å²) >= 11 is 0. The highest BCUT2D eigenvalue weighted by Gasteiger charge is 2.20. The smallest absolute Gasteiger partial charge is 0.340 e. The third kappa shape index (κ3) is 3.61. The Bertz CT molecular complexity index is 1060. The van der Waals surface area contributed by atoms with Crippen LogP contribution in [-0.4, -0.2) is 37.4 Å². The van der Waals surface area contributed by atoms with Crippen molar-refractivity contribution in [1.29, 1.82) is 0 Å². The molecule has 1 unspecified atom stereocenters. The Labute approximate surface area is 155 Å². The highest BCUT2D eigenvalue weighted by atomic mass is 16.5. The maximum absolute atomic E-state index is 12.4. The van der Waals surface area contributed by atoms with Crippen molar-refractivity contribution in [3.8, 4) is 0 Å². The second-order valence-electron chi connectivity index (χ2n) is 6.77. The summed E-state index contributed by atoms with van der Waals surface area (Å²) in [5, 5.41) is 13.9. The summed E-state index contributed by atoms with van der Waals surface area (Å²) in [5.41, 5.74) is 3.45. The number of nitrogens with one attached hydrogen (secondary N) is 1. The van der Waals surface area contributed by atoms with Crippen molar-refractivity contribution in [2.45, 2.75) is 33.3 Å². The monoisotopic (exact) mass is 373 g/mol. The molecule has 0 aliphatic carbocycles. The summed E-state index contributed by atoms with van der Waals surface area (Å²) in [4.78, 5) is 24.7. The number of rotatable bonds is 6. The Morgan fingerprint density at radius 3 is 2.70 bits per heavy atom. The molecule has 0 radical (unpaired) electrons. The van der Waals surface area contributed by atoms with Crippen LogP contribution in [0.15, 0.2) is 26.0 Å². The summed E-state index contributed by atoms with van der Waals surface area (Å²) in [7, 11) is 1.47. The molecule has 7 nitrogen and oxygen atoms in total. The van der Waals surface area contributed by atoms with E-state index in [1.165, 1.54) is 7.11 Å². The van der Waals surface area contributed by atoms with Crippen LogP contribution in [0.2, 0.25) is 0 Å². The van der Waals surface area contributed by atoms with Crippen LogP contribution < -0.4 is 10.9 Å². The van der Waals surface area contributed by atoms with Crippen molar-refractivity contribution in [2.24, 2.45) is 0 Å². The zero-order valence-corrected chi connectivity index (χ0v) is 15.8. The molecule has 27 heavy (non-hydrogen) atoms. The maximum atomic E-state index is 12.4. The molecule has 144 valence electrons. The molecule has 2 heterocycles. The molecule has 2 N–H and O–H groups in total. The Kier molecular flexibility index (Phi) is 5.34. The van der Waals surface area contributed by atoms with Gasteiger partial charge in [0.15, 0.2) is 0 Å². The lowest BCUT2D eigenvalue weighted by Crippen LogP contribution is -2.36. The third-order valence-corrected chi connectivity index (χ3v) is 4.70. The average molecular weight is 373 g/mol. The van der Waals surface area contributed by atoms with Crippen LogP contribution in [0.3, 0.4) is 0 Å². The highest BCUT2D eigenvalue weighted by Crippen LogP contribution is 2.34. The average Bonchev–Trinajstić information content (AvgIpc) is 2.99. The molecule has 1 aromatic carbocycles. The number of aryl methyl sites for hydroxylation is 3. The predicted molar refractivity (Wildman–Crippen MR) is 101 cm³/mol. The number of aliphatic hydroxyl groups is 1. The Morgan fingerprint density at radius 1 is 1.26 bits per heavy atom. The minimum atomic E-state index is -0.804. The molecule has 0 spiro atoms. The first-order valence-corrected chi connectivity index (χ1v) is 8.70. The zero-order chi connectivity index (χ0) is 19.7. The number of benzene rings is 1. The molecule has 0 saturated carbocycles. The van der Waals surface area contributed by atoms with Crippen LogP contribution in [0.5, 0.6) is 0 Å². The molecule has 0 fully saturated rings. The first-order chi connectivity index (χ1) is 12.8.